The minimum absolute atomic E-state index is 0. The molecule has 0 unspecified atom stereocenters. The summed E-state index contributed by atoms with van der Waals surface area (Å²) in [7, 11) is 1.20. The molecular weight excluding hydrogens is 1280 g/mol. The number of rotatable bonds is 28. The lowest BCUT2D eigenvalue weighted by Gasteiger charge is -2.26. The highest BCUT2D eigenvalue weighted by molar-refractivity contribution is 8.11. The second kappa shape index (κ2) is 38.8. The van der Waals surface area contributed by atoms with Crippen LogP contribution >= 0.6 is 10.7 Å². The monoisotopic (exact) mass is 1360 g/mol. The van der Waals surface area contributed by atoms with E-state index >= 15 is 0 Å². The standard InChI is InChI=1S/C32H39N5O8S.C28H32N4O5.C4H8ClNO3S.CH4/c1-40-31-20-24(2-4-30(31)44-19-18-42-15-10-35-46(38,39)37-11-16-43-17-12-37)21-32-34-9-6-28(36-32)25-3-5-29(26(22-25)23-33)45-27-7-13-41-14-8-27;1-33-27-16-20(2-4-26(27)36-15-14-35-13-9-29)17-28-31-10-6-24(32-28)21-3-5-25(22(18-21)19-30)37-23-7-11-34-12-8-23;5-10(7,8)6-1-3-9-4-2-6;/h2-6,9,20,22,27,35H,7-8,10-19,21H2,1H3;2-6,10,16,18,23H,7-9,11-15,17,29H2,1H3;1-4H2;1H4. The largest absolute Gasteiger partial charge is 0.493 e. The lowest BCUT2D eigenvalue weighted by molar-refractivity contribution is 0.0252. The Bertz CT molecular complexity index is 3640. The molecule has 4 aliphatic rings. The van der Waals surface area contributed by atoms with E-state index in [1.165, 1.54) is 8.61 Å². The predicted octanol–water partition coefficient (Wildman–Crippen LogP) is 6.70. The second-order valence-electron chi connectivity index (χ2n) is 21.1. The third-order valence-corrected chi connectivity index (χ3v) is 17.8. The molecule has 29 heteroatoms. The van der Waals surface area contributed by atoms with Gasteiger partial charge >= 0.3 is 0 Å². The molecule has 4 fully saturated rings. The molecule has 2 aromatic heterocycles. The fraction of sp³-hybridized carbons (Fsp3) is 0.477. The Morgan fingerprint density at radius 3 is 1.39 bits per heavy atom. The first-order valence-corrected chi connectivity index (χ1v) is 34.2. The number of halogens is 1. The Morgan fingerprint density at radius 2 is 0.979 bits per heavy atom. The summed E-state index contributed by atoms with van der Waals surface area (Å²) in [6, 6.07) is 30.6. The number of nitrogens with one attached hydrogen (secondary N) is 1. The summed E-state index contributed by atoms with van der Waals surface area (Å²) < 4.78 is 118. The Kier molecular flexibility index (Phi) is 30.6. The van der Waals surface area contributed by atoms with E-state index < -0.39 is 19.4 Å². The summed E-state index contributed by atoms with van der Waals surface area (Å²) >= 11 is 0. The maximum atomic E-state index is 12.3. The van der Waals surface area contributed by atoms with E-state index in [4.69, 9.17) is 83.2 Å². The number of methoxy groups -OCH3 is 2. The third-order valence-electron chi connectivity index (χ3n) is 14.7. The molecule has 0 bridgehead atoms. The number of nitrogens with two attached hydrogens (primary N) is 1. The molecule has 0 radical (unpaired) electrons. The lowest BCUT2D eigenvalue weighted by atomic mass is 10.1. The van der Waals surface area contributed by atoms with Gasteiger partial charge in [0.25, 0.3) is 19.4 Å². The van der Waals surface area contributed by atoms with Crippen molar-refractivity contribution in [1.82, 2.24) is 33.3 Å². The Labute approximate surface area is 555 Å². The van der Waals surface area contributed by atoms with Gasteiger partial charge in [-0.25, -0.2) is 19.9 Å². The number of morpholine rings is 2. The maximum Gasteiger partial charge on any atom is 0.299 e. The zero-order valence-electron chi connectivity index (χ0n) is 52.2. The molecule has 3 N–H and O–H groups in total. The highest BCUT2D eigenvalue weighted by atomic mass is 35.7. The zero-order chi connectivity index (χ0) is 65.7. The van der Waals surface area contributed by atoms with Gasteiger partial charge in [-0.05, 0) is 83.9 Å². The summed E-state index contributed by atoms with van der Waals surface area (Å²) in [4.78, 5) is 18.4. The Balaban J connectivity index is 0.000000233. The fourth-order valence-electron chi connectivity index (χ4n) is 9.84. The summed E-state index contributed by atoms with van der Waals surface area (Å²) in [5.74, 6) is 4.83. The van der Waals surface area contributed by atoms with Crippen molar-refractivity contribution in [2.45, 2.75) is 58.2 Å². The van der Waals surface area contributed by atoms with Crippen LogP contribution in [0.15, 0.2) is 97.3 Å². The molecule has 10 rings (SSSR count). The Hall–Kier alpha value is -7.39. The van der Waals surface area contributed by atoms with E-state index in [9.17, 15) is 27.4 Å². The molecule has 4 aromatic carbocycles. The molecule has 508 valence electrons. The van der Waals surface area contributed by atoms with Gasteiger partial charge in [0.15, 0.2) is 23.0 Å². The van der Waals surface area contributed by atoms with Gasteiger partial charge in [-0.2, -0.15) is 40.7 Å². The first-order valence-electron chi connectivity index (χ1n) is 30.5. The number of aromatic nitrogens is 4. The van der Waals surface area contributed by atoms with Crippen LogP contribution in [-0.2, 0) is 60.7 Å². The summed E-state index contributed by atoms with van der Waals surface area (Å²) in [5, 5.41) is 19.5. The van der Waals surface area contributed by atoms with Crippen LogP contribution in [0.2, 0.25) is 0 Å². The molecule has 94 heavy (non-hydrogen) atoms. The van der Waals surface area contributed by atoms with Gasteiger partial charge in [-0.3, -0.25) is 0 Å². The van der Waals surface area contributed by atoms with Crippen LogP contribution in [0.5, 0.6) is 34.5 Å². The molecule has 6 heterocycles. The van der Waals surface area contributed by atoms with E-state index in [1.54, 1.807) is 32.7 Å². The van der Waals surface area contributed by atoms with Crippen LogP contribution in [0.1, 0.15) is 67.0 Å². The Morgan fingerprint density at radius 1 is 0.553 bits per heavy atom. The summed E-state index contributed by atoms with van der Waals surface area (Å²) in [6.07, 6.45) is 7.77. The summed E-state index contributed by atoms with van der Waals surface area (Å²) in [6.45, 7) is 8.55. The normalized spacial score (nSPS) is 15.7. The van der Waals surface area contributed by atoms with Crippen molar-refractivity contribution in [3.63, 3.8) is 0 Å². The van der Waals surface area contributed by atoms with E-state index in [0.717, 1.165) is 53.6 Å². The highest BCUT2D eigenvalue weighted by Crippen LogP contribution is 2.33. The van der Waals surface area contributed by atoms with Gasteiger partial charge in [0.05, 0.1) is 116 Å². The van der Waals surface area contributed by atoms with Crippen molar-refractivity contribution in [3.8, 4) is 69.2 Å². The van der Waals surface area contributed by atoms with Crippen LogP contribution in [0.25, 0.3) is 22.5 Å². The highest BCUT2D eigenvalue weighted by Gasteiger charge is 2.25. The van der Waals surface area contributed by atoms with Gasteiger partial charge in [-0.1, -0.05) is 19.6 Å². The average Bonchev–Trinajstić information content (AvgIpc) is 2.32. The molecule has 4 aliphatic heterocycles. The SMILES string of the molecule is C.COc1cc(Cc2nccc(-c3ccc(OC4CCOCC4)c(C#N)c3)n2)ccc1OCCOCCN.COc1cc(Cc2nccc(-c3ccc(OC4CCOCC4)c(C#N)c3)n2)ccc1OCCOCCNS(=O)(=O)N1CCOCC1.O=S(=O)(Cl)N1CCOCC1. The average molecular weight is 1360 g/mol. The first-order chi connectivity index (χ1) is 45.2. The van der Waals surface area contributed by atoms with Crippen LogP contribution in [0, 0.1) is 22.7 Å². The van der Waals surface area contributed by atoms with Crippen molar-refractivity contribution in [1.29, 1.82) is 10.5 Å². The predicted molar refractivity (Wildman–Crippen MR) is 350 cm³/mol. The van der Waals surface area contributed by atoms with Crippen LogP contribution in [0.4, 0.5) is 0 Å². The first kappa shape index (κ1) is 74.0. The van der Waals surface area contributed by atoms with E-state index in [2.05, 4.69) is 26.8 Å². The van der Waals surface area contributed by atoms with Gasteiger partial charge in [0.2, 0.25) is 0 Å². The minimum atomic E-state index is -3.53. The lowest BCUT2D eigenvalue weighted by Crippen LogP contribution is -2.47. The zero-order valence-corrected chi connectivity index (χ0v) is 54.5. The van der Waals surface area contributed by atoms with E-state index in [0.29, 0.717) is 181 Å². The number of ether oxygens (including phenoxy) is 12. The van der Waals surface area contributed by atoms with Crippen LogP contribution < -0.4 is 38.9 Å². The molecule has 0 atom stereocenters. The van der Waals surface area contributed by atoms with E-state index in [-0.39, 0.29) is 46.0 Å². The molecule has 0 spiro atoms. The molecular formula is C65H83ClN10O16S2. The molecule has 0 aliphatic carbocycles. The van der Waals surface area contributed by atoms with Gasteiger partial charge in [0.1, 0.15) is 60.7 Å². The van der Waals surface area contributed by atoms with Crippen LogP contribution in [0.3, 0.4) is 0 Å². The number of hydrogen-bond acceptors (Lipinski definition) is 23. The molecule has 0 saturated carbocycles. The fourth-order valence-corrected chi connectivity index (χ4v) is 12.0. The van der Waals surface area contributed by atoms with Crippen molar-refractivity contribution in [2.75, 3.05) is 146 Å². The number of nitrogens with zero attached hydrogens (tertiary/aromatic N) is 8. The number of hydrogen-bond donors (Lipinski definition) is 2. The molecule has 0 amide bonds. The minimum Gasteiger partial charge on any atom is -0.493 e. The van der Waals surface area contributed by atoms with E-state index in [1.807, 2.05) is 78.9 Å². The van der Waals surface area contributed by atoms with Crippen molar-refractivity contribution in [3.05, 3.63) is 131 Å². The smallest absolute Gasteiger partial charge is 0.299 e. The second-order valence-corrected chi connectivity index (χ2v) is 25.4. The van der Waals surface area contributed by atoms with Gasteiger partial charge < -0.3 is 62.6 Å². The van der Waals surface area contributed by atoms with Gasteiger partial charge in [-0.15, -0.1) is 0 Å². The van der Waals surface area contributed by atoms with Crippen LogP contribution in [-0.4, -0.2) is 204 Å². The van der Waals surface area contributed by atoms with Crippen molar-refractivity contribution < 1.29 is 73.7 Å². The molecule has 4 saturated heterocycles. The number of benzene rings is 4. The maximum absolute atomic E-state index is 12.3. The van der Waals surface area contributed by atoms with Gasteiger partial charge in [0, 0.05) is 112 Å². The molecule has 26 nitrogen and oxygen atoms in total. The summed E-state index contributed by atoms with van der Waals surface area (Å²) in [5.41, 5.74) is 11.4. The van der Waals surface area contributed by atoms with Crippen molar-refractivity contribution >= 4 is 30.1 Å². The number of nitriles is 2. The third kappa shape index (κ3) is 23.5. The quantitative estimate of drug-likeness (QED) is 0.0381. The topological polar surface area (TPSA) is 323 Å². The molecule has 6 aromatic rings. The van der Waals surface area contributed by atoms with Crippen molar-refractivity contribution in [2.24, 2.45) is 5.73 Å².